The van der Waals surface area contributed by atoms with Gasteiger partial charge in [-0.1, -0.05) is 11.2 Å². The zero-order chi connectivity index (χ0) is 12.0. The molecule has 0 bridgehead atoms. The zero-order valence-corrected chi connectivity index (χ0v) is 9.10. The van der Waals surface area contributed by atoms with Crippen LogP contribution in [0.15, 0.2) is 23.3 Å². The molecule has 84 valence electrons. The van der Waals surface area contributed by atoms with Crippen molar-refractivity contribution in [1.29, 1.82) is 0 Å². The number of anilines is 1. The van der Waals surface area contributed by atoms with Gasteiger partial charge in [-0.2, -0.15) is 0 Å². The highest BCUT2D eigenvalue weighted by atomic mass is 16.5. The molecule has 0 aromatic heterocycles. The number of methoxy groups -OCH3 is 1. The lowest BCUT2D eigenvalue weighted by atomic mass is 10.2. The standard InChI is InChI=1S/C10H12N4O2/c1-7-5-8(13-14-11)3-4-9(7)12-10(15)6-16-2/h3-5H,6H2,1-2H3,(H,12,15). The largest absolute Gasteiger partial charge is 0.375 e. The smallest absolute Gasteiger partial charge is 0.250 e. The van der Waals surface area contributed by atoms with Crippen molar-refractivity contribution in [2.45, 2.75) is 6.92 Å². The minimum Gasteiger partial charge on any atom is -0.375 e. The minimum atomic E-state index is -0.220. The Labute approximate surface area is 92.8 Å². The Kier molecular flexibility index (Phi) is 4.32. The van der Waals surface area contributed by atoms with E-state index in [9.17, 15) is 4.79 Å². The summed E-state index contributed by atoms with van der Waals surface area (Å²) in [4.78, 5) is 13.9. The molecule has 1 N–H and O–H groups in total. The molecule has 6 heteroatoms. The summed E-state index contributed by atoms with van der Waals surface area (Å²) < 4.78 is 4.70. The first-order valence-corrected chi connectivity index (χ1v) is 4.62. The summed E-state index contributed by atoms with van der Waals surface area (Å²) in [5.41, 5.74) is 10.3. The molecular weight excluding hydrogens is 208 g/mol. The van der Waals surface area contributed by atoms with E-state index in [1.54, 1.807) is 18.2 Å². The van der Waals surface area contributed by atoms with Gasteiger partial charge >= 0.3 is 0 Å². The van der Waals surface area contributed by atoms with Crippen LogP contribution in [0.1, 0.15) is 5.56 Å². The fourth-order valence-electron chi connectivity index (χ4n) is 1.22. The summed E-state index contributed by atoms with van der Waals surface area (Å²) >= 11 is 0. The number of carbonyl (C=O) groups excluding carboxylic acids is 1. The minimum absolute atomic E-state index is 0.0114. The fourth-order valence-corrected chi connectivity index (χ4v) is 1.22. The van der Waals surface area contributed by atoms with Crippen LogP contribution < -0.4 is 5.32 Å². The number of aryl methyl sites for hydroxylation is 1. The maximum absolute atomic E-state index is 11.3. The lowest BCUT2D eigenvalue weighted by Crippen LogP contribution is -2.17. The molecule has 1 amide bonds. The summed E-state index contributed by atoms with van der Waals surface area (Å²) in [6, 6.07) is 5.02. The second-order valence-electron chi connectivity index (χ2n) is 3.17. The topological polar surface area (TPSA) is 87.1 Å². The van der Waals surface area contributed by atoms with Gasteiger partial charge in [-0.25, -0.2) is 0 Å². The van der Waals surface area contributed by atoms with E-state index in [2.05, 4.69) is 15.3 Å². The highest BCUT2D eigenvalue weighted by Crippen LogP contribution is 2.21. The molecule has 0 aliphatic rings. The third-order valence-electron chi connectivity index (χ3n) is 1.92. The van der Waals surface area contributed by atoms with Crippen LogP contribution in [0.5, 0.6) is 0 Å². The van der Waals surface area contributed by atoms with E-state index in [0.29, 0.717) is 11.4 Å². The van der Waals surface area contributed by atoms with Crippen molar-refractivity contribution in [3.8, 4) is 0 Å². The second kappa shape index (κ2) is 5.75. The van der Waals surface area contributed by atoms with Gasteiger partial charge in [0.15, 0.2) is 0 Å². The van der Waals surface area contributed by atoms with Gasteiger partial charge in [0.1, 0.15) is 6.61 Å². The lowest BCUT2D eigenvalue weighted by molar-refractivity contribution is -0.119. The quantitative estimate of drug-likeness (QED) is 0.480. The van der Waals surface area contributed by atoms with Crippen LogP contribution in [0.25, 0.3) is 10.4 Å². The second-order valence-corrected chi connectivity index (χ2v) is 3.17. The Morgan fingerprint density at radius 1 is 1.62 bits per heavy atom. The van der Waals surface area contributed by atoms with Crippen molar-refractivity contribution < 1.29 is 9.53 Å². The van der Waals surface area contributed by atoms with Gasteiger partial charge in [-0.3, -0.25) is 4.79 Å². The molecule has 0 spiro atoms. The van der Waals surface area contributed by atoms with Crippen molar-refractivity contribution in [3.05, 3.63) is 34.2 Å². The number of amides is 1. The average molecular weight is 220 g/mol. The molecule has 1 aromatic rings. The van der Waals surface area contributed by atoms with E-state index in [4.69, 9.17) is 10.3 Å². The Morgan fingerprint density at radius 2 is 2.38 bits per heavy atom. The first-order chi connectivity index (χ1) is 7.67. The van der Waals surface area contributed by atoms with Crippen molar-refractivity contribution in [2.24, 2.45) is 5.11 Å². The Bertz CT molecular complexity index is 438. The molecule has 0 saturated heterocycles. The van der Waals surface area contributed by atoms with Crippen LogP contribution in [-0.4, -0.2) is 19.6 Å². The number of hydrogen-bond donors (Lipinski definition) is 1. The summed E-state index contributed by atoms with van der Waals surface area (Å²) in [7, 11) is 1.46. The Hall–Kier alpha value is -2.04. The summed E-state index contributed by atoms with van der Waals surface area (Å²) in [5, 5.41) is 6.15. The maximum atomic E-state index is 11.3. The first kappa shape index (κ1) is 12.0. The van der Waals surface area contributed by atoms with Gasteiger partial charge in [-0.05, 0) is 30.2 Å². The molecule has 0 saturated carbocycles. The van der Waals surface area contributed by atoms with E-state index < -0.39 is 0 Å². The number of nitrogens with one attached hydrogen (secondary N) is 1. The van der Waals surface area contributed by atoms with Gasteiger partial charge in [0.25, 0.3) is 0 Å². The van der Waals surface area contributed by atoms with Crippen molar-refractivity contribution >= 4 is 17.3 Å². The third-order valence-corrected chi connectivity index (χ3v) is 1.92. The molecular formula is C10H12N4O2. The Balaban J connectivity index is 2.82. The molecule has 0 atom stereocenters. The molecule has 0 fully saturated rings. The number of carbonyl (C=O) groups is 1. The van der Waals surface area contributed by atoms with E-state index in [0.717, 1.165) is 5.56 Å². The van der Waals surface area contributed by atoms with E-state index in [1.165, 1.54) is 7.11 Å². The van der Waals surface area contributed by atoms with Crippen LogP contribution in [0.4, 0.5) is 11.4 Å². The number of hydrogen-bond acceptors (Lipinski definition) is 3. The summed E-state index contributed by atoms with van der Waals surface area (Å²) in [5.74, 6) is -0.220. The van der Waals surface area contributed by atoms with Gasteiger partial charge in [0.2, 0.25) is 5.91 Å². The molecule has 16 heavy (non-hydrogen) atoms. The van der Waals surface area contributed by atoms with Gasteiger partial charge in [0.05, 0.1) is 0 Å². The number of nitrogens with zero attached hydrogens (tertiary/aromatic N) is 3. The third kappa shape index (κ3) is 3.27. The van der Waals surface area contributed by atoms with Gasteiger partial charge < -0.3 is 10.1 Å². The Morgan fingerprint density at radius 3 is 2.94 bits per heavy atom. The highest BCUT2D eigenvalue weighted by molar-refractivity contribution is 5.92. The molecule has 0 aliphatic carbocycles. The molecule has 0 aliphatic heterocycles. The monoisotopic (exact) mass is 220 g/mol. The predicted octanol–water partition coefficient (Wildman–Crippen LogP) is 2.52. The van der Waals surface area contributed by atoms with Crippen LogP contribution >= 0.6 is 0 Å². The first-order valence-electron chi connectivity index (χ1n) is 4.62. The average Bonchev–Trinajstić information content (AvgIpc) is 2.23. The highest BCUT2D eigenvalue weighted by Gasteiger charge is 2.04. The van der Waals surface area contributed by atoms with Crippen LogP contribution in [0, 0.1) is 6.92 Å². The number of benzene rings is 1. The summed E-state index contributed by atoms with van der Waals surface area (Å²) in [6.07, 6.45) is 0. The lowest BCUT2D eigenvalue weighted by Gasteiger charge is -2.08. The van der Waals surface area contributed by atoms with Crippen LogP contribution in [0.2, 0.25) is 0 Å². The predicted molar refractivity (Wildman–Crippen MR) is 60.5 cm³/mol. The van der Waals surface area contributed by atoms with E-state index >= 15 is 0 Å². The molecule has 0 heterocycles. The zero-order valence-electron chi connectivity index (χ0n) is 9.10. The molecule has 1 rings (SSSR count). The van der Waals surface area contributed by atoms with E-state index in [1.807, 2.05) is 6.92 Å². The SMILES string of the molecule is COCC(=O)Nc1ccc(N=[N+]=[N-])cc1C. The number of azide groups is 1. The maximum Gasteiger partial charge on any atom is 0.250 e. The number of rotatable bonds is 4. The van der Waals surface area contributed by atoms with Crippen molar-refractivity contribution in [1.82, 2.24) is 0 Å². The normalized spacial score (nSPS) is 9.38. The van der Waals surface area contributed by atoms with Crippen molar-refractivity contribution in [2.75, 3.05) is 19.0 Å². The van der Waals surface area contributed by atoms with Crippen LogP contribution in [-0.2, 0) is 9.53 Å². The van der Waals surface area contributed by atoms with Crippen LogP contribution in [0.3, 0.4) is 0 Å². The molecule has 1 aromatic carbocycles. The molecule has 0 unspecified atom stereocenters. The summed E-state index contributed by atoms with van der Waals surface area (Å²) in [6.45, 7) is 1.83. The van der Waals surface area contributed by atoms with Gasteiger partial charge in [0, 0.05) is 23.4 Å². The van der Waals surface area contributed by atoms with Crippen molar-refractivity contribution in [3.63, 3.8) is 0 Å². The molecule has 0 radical (unpaired) electrons. The fraction of sp³-hybridized carbons (Fsp3) is 0.300. The molecule has 6 nitrogen and oxygen atoms in total. The van der Waals surface area contributed by atoms with Gasteiger partial charge in [-0.15, -0.1) is 0 Å². The number of ether oxygens (including phenoxy) is 1. The van der Waals surface area contributed by atoms with E-state index in [-0.39, 0.29) is 12.5 Å².